The molecule has 0 fully saturated rings. The minimum absolute atomic E-state index is 0.390. The molecule has 0 spiro atoms. The first-order chi connectivity index (χ1) is 8.68. The number of hydrogen-bond acceptors (Lipinski definition) is 3. The molecule has 0 N–H and O–H groups in total. The van der Waals surface area contributed by atoms with Gasteiger partial charge in [0.25, 0.3) is 6.43 Å². The second-order valence-corrected chi connectivity index (χ2v) is 3.41. The molecule has 0 atom stereocenters. The second kappa shape index (κ2) is 5.45. The molecule has 106 valence electrons. The van der Waals surface area contributed by atoms with Gasteiger partial charge < -0.3 is 4.74 Å². The van der Waals surface area contributed by atoms with Crippen LogP contribution in [-0.2, 0) is 22.1 Å². The van der Waals surface area contributed by atoms with Crippen molar-refractivity contribution in [2.24, 2.45) is 0 Å². The summed E-state index contributed by atoms with van der Waals surface area (Å²) >= 11 is 0. The van der Waals surface area contributed by atoms with E-state index < -0.39 is 47.6 Å². The first kappa shape index (κ1) is 15.3. The highest BCUT2D eigenvalue weighted by molar-refractivity contribution is 5.72. The minimum atomic E-state index is -5.21. The third kappa shape index (κ3) is 3.36. The molecule has 0 saturated carbocycles. The van der Waals surface area contributed by atoms with Crippen LogP contribution in [0.15, 0.2) is 6.20 Å². The first-order valence-corrected chi connectivity index (χ1v) is 4.78. The van der Waals surface area contributed by atoms with Gasteiger partial charge in [0.15, 0.2) is 5.69 Å². The molecule has 0 amide bonds. The lowest BCUT2D eigenvalue weighted by molar-refractivity contribution is -0.143. The van der Waals surface area contributed by atoms with E-state index in [1.165, 1.54) is 0 Å². The number of aromatic nitrogens is 1. The van der Waals surface area contributed by atoms with E-state index in [-0.39, 0.29) is 0 Å². The molecule has 0 aliphatic rings. The zero-order valence-electron chi connectivity index (χ0n) is 9.39. The molecule has 0 bridgehead atoms. The van der Waals surface area contributed by atoms with E-state index >= 15 is 0 Å². The molecule has 9 heteroatoms. The second-order valence-electron chi connectivity index (χ2n) is 3.41. The first-order valence-electron chi connectivity index (χ1n) is 4.78. The molecule has 3 nitrogen and oxygen atoms in total. The highest BCUT2D eigenvalue weighted by atomic mass is 19.4. The molecule has 0 aliphatic carbocycles. The monoisotopic (exact) mass is 287 g/mol. The number of methoxy groups -OCH3 is 1. The number of ether oxygens (including phenoxy) is 1. The van der Waals surface area contributed by atoms with Crippen molar-refractivity contribution in [2.45, 2.75) is 19.0 Å². The molecular formula is C10H7F6NO2. The minimum Gasteiger partial charge on any atom is -0.469 e. The van der Waals surface area contributed by atoms with Crippen LogP contribution in [-0.4, -0.2) is 18.1 Å². The summed E-state index contributed by atoms with van der Waals surface area (Å²) in [6, 6.07) is 0. The third-order valence-electron chi connectivity index (χ3n) is 2.17. The van der Waals surface area contributed by atoms with Crippen LogP contribution in [0.1, 0.15) is 23.2 Å². The maximum atomic E-state index is 13.6. The summed E-state index contributed by atoms with van der Waals surface area (Å²) in [5, 5.41) is 0. The van der Waals surface area contributed by atoms with Gasteiger partial charge in [0.2, 0.25) is 0 Å². The zero-order chi connectivity index (χ0) is 14.8. The molecule has 0 unspecified atom stereocenters. The summed E-state index contributed by atoms with van der Waals surface area (Å²) in [7, 11) is 0.964. The van der Waals surface area contributed by atoms with Gasteiger partial charge in [-0.15, -0.1) is 0 Å². The lowest BCUT2D eigenvalue weighted by Gasteiger charge is -2.14. The summed E-state index contributed by atoms with van der Waals surface area (Å²) < 4.78 is 80.0. The molecule has 0 saturated heterocycles. The van der Waals surface area contributed by atoms with Crippen molar-refractivity contribution in [3.8, 4) is 0 Å². The van der Waals surface area contributed by atoms with Gasteiger partial charge in [-0.1, -0.05) is 0 Å². The SMILES string of the molecule is COC(=O)Cc1cnc(C(F)(F)F)c(C(F)F)c1F. The predicted octanol–water partition coefficient (Wildman–Crippen LogP) is 2.89. The average Bonchev–Trinajstić information content (AvgIpc) is 2.29. The summed E-state index contributed by atoms with van der Waals surface area (Å²) in [6.07, 6.45) is -9.31. The largest absolute Gasteiger partial charge is 0.469 e. The van der Waals surface area contributed by atoms with Crippen LogP contribution in [0.4, 0.5) is 26.3 Å². The van der Waals surface area contributed by atoms with E-state index in [2.05, 4.69) is 9.72 Å². The highest BCUT2D eigenvalue weighted by Gasteiger charge is 2.40. The number of esters is 1. The van der Waals surface area contributed by atoms with Gasteiger partial charge in [0, 0.05) is 11.8 Å². The van der Waals surface area contributed by atoms with Crippen LogP contribution >= 0.6 is 0 Å². The molecule has 1 aromatic heterocycles. The van der Waals surface area contributed by atoms with Crippen LogP contribution < -0.4 is 0 Å². The quantitative estimate of drug-likeness (QED) is 0.634. The van der Waals surface area contributed by atoms with Crippen molar-refractivity contribution in [2.75, 3.05) is 7.11 Å². The Morgan fingerprint density at radius 1 is 1.42 bits per heavy atom. The van der Waals surface area contributed by atoms with E-state index in [1.807, 2.05) is 0 Å². The normalized spacial score (nSPS) is 11.8. The fraction of sp³-hybridized carbons (Fsp3) is 0.400. The van der Waals surface area contributed by atoms with Gasteiger partial charge in [-0.05, 0) is 0 Å². The summed E-state index contributed by atoms with van der Waals surface area (Å²) in [6.45, 7) is 0. The highest BCUT2D eigenvalue weighted by Crippen LogP contribution is 2.37. The number of alkyl halides is 5. The summed E-state index contributed by atoms with van der Waals surface area (Å²) in [5.41, 5.74) is -4.56. The average molecular weight is 287 g/mol. The molecule has 19 heavy (non-hydrogen) atoms. The number of halogens is 6. The zero-order valence-corrected chi connectivity index (χ0v) is 9.39. The maximum Gasteiger partial charge on any atom is 0.433 e. The van der Waals surface area contributed by atoms with Crippen molar-refractivity contribution in [1.82, 2.24) is 4.98 Å². The van der Waals surface area contributed by atoms with Gasteiger partial charge >= 0.3 is 12.1 Å². The van der Waals surface area contributed by atoms with Crippen LogP contribution in [0.3, 0.4) is 0 Å². The maximum absolute atomic E-state index is 13.6. The number of carbonyl (C=O) groups excluding carboxylic acids is 1. The van der Waals surface area contributed by atoms with Crippen molar-refractivity contribution in [3.05, 3.63) is 28.8 Å². The summed E-state index contributed by atoms with van der Waals surface area (Å²) in [5.74, 6) is -2.79. The Morgan fingerprint density at radius 3 is 2.42 bits per heavy atom. The Balaban J connectivity index is 3.35. The van der Waals surface area contributed by atoms with Gasteiger partial charge in [0.1, 0.15) is 5.82 Å². The van der Waals surface area contributed by atoms with Gasteiger partial charge in [0.05, 0.1) is 19.1 Å². The number of rotatable bonds is 3. The number of hydrogen-bond donors (Lipinski definition) is 0. The number of carbonyl (C=O) groups is 1. The van der Waals surface area contributed by atoms with Gasteiger partial charge in [-0.25, -0.2) is 13.2 Å². The van der Waals surface area contributed by atoms with E-state index in [0.717, 1.165) is 7.11 Å². The van der Waals surface area contributed by atoms with E-state index in [0.29, 0.717) is 6.20 Å². The fourth-order valence-corrected chi connectivity index (χ4v) is 1.32. The Bertz CT molecular complexity index is 486. The van der Waals surface area contributed by atoms with Crippen LogP contribution in [0.25, 0.3) is 0 Å². The molecule has 1 rings (SSSR count). The fourth-order valence-electron chi connectivity index (χ4n) is 1.32. The molecule has 1 heterocycles. The number of nitrogens with zero attached hydrogens (tertiary/aromatic N) is 1. The van der Waals surface area contributed by atoms with Gasteiger partial charge in [-0.2, -0.15) is 13.2 Å². The number of pyridine rings is 1. The smallest absolute Gasteiger partial charge is 0.433 e. The molecule has 0 aromatic carbocycles. The van der Waals surface area contributed by atoms with E-state index in [4.69, 9.17) is 0 Å². The van der Waals surface area contributed by atoms with Gasteiger partial charge in [-0.3, -0.25) is 9.78 Å². The van der Waals surface area contributed by atoms with Crippen molar-refractivity contribution < 1.29 is 35.9 Å². The van der Waals surface area contributed by atoms with Crippen molar-refractivity contribution in [3.63, 3.8) is 0 Å². The Labute approximate surface area is 103 Å². The molecule has 1 aromatic rings. The van der Waals surface area contributed by atoms with Crippen LogP contribution in [0.5, 0.6) is 0 Å². The Hall–Kier alpha value is -1.80. The standard InChI is InChI=1S/C10H7F6NO2/c1-19-5(18)2-4-3-17-8(10(14,15)16)6(7(4)11)9(12)13/h3,9H,2H2,1H3. The van der Waals surface area contributed by atoms with Crippen LogP contribution in [0, 0.1) is 5.82 Å². The van der Waals surface area contributed by atoms with Crippen molar-refractivity contribution >= 4 is 5.97 Å². The van der Waals surface area contributed by atoms with Crippen LogP contribution in [0.2, 0.25) is 0 Å². The Kier molecular flexibility index (Phi) is 4.38. The van der Waals surface area contributed by atoms with E-state index in [1.54, 1.807) is 0 Å². The lowest BCUT2D eigenvalue weighted by atomic mass is 10.1. The summed E-state index contributed by atoms with van der Waals surface area (Å²) in [4.78, 5) is 13.6. The topological polar surface area (TPSA) is 39.2 Å². The lowest BCUT2D eigenvalue weighted by Crippen LogP contribution is -2.17. The molecule has 0 aliphatic heterocycles. The van der Waals surface area contributed by atoms with Crippen molar-refractivity contribution in [1.29, 1.82) is 0 Å². The Morgan fingerprint density at radius 2 is 2.00 bits per heavy atom. The third-order valence-corrected chi connectivity index (χ3v) is 2.17. The molecule has 0 radical (unpaired) electrons. The molecular weight excluding hydrogens is 280 g/mol. The predicted molar refractivity (Wildman–Crippen MR) is 49.9 cm³/mol. The van der Waals surface area contributed by atoms with E-state index in [9.17, 15) is 31.1 Å².